The summed E-state index contributed by atoms with van der Waals surface area (Å²) in [5.41, 5.74) is 1.18. The van der Waals surface area contributed by atoms with Gasteiger partial charge in [0.05, 0.1) is 9.95 Å². The number of nitrogens with one attached hydrogen (secondary N) is 1. The first kappa shape index (κ1) is 17.1. The highest BCUT2D eigenvalue weighted by atomic mass is 35.5. The monoisotopic (exact) mass is 354 g/mol. The summed E-state index contributed by atoms with van der Waals surface area (Å²) >= 11 is 11.9. The van der Waals surface area contributed by atoms with Crippen molar-refractivity contribution in [3.8, 4) is 5.75 Å². The third-order valence-electron chi connectivity index (χ3n) is 3.03. The number of ether oxygens (including phenoxy) is 1. The number of benzene rings is 2. The molecule has 1 amide bonds. The van der Waals surface area contributed by atoms with E-state index in [1.165, 1.54) is 12.1 Å². The van der Waals surface area contributed by atoms with Gasteiger partial charge in [-0.15, -0.1) is 0 Å². The van der Waals surface area contributed by atoms with Crippen molar-refractivity contribution in [3.63, 3.8) is 0 Å². The predicted molar refractivity (Wildman–Crippen MR) is 88.4 cm³/mol. The number of amides is 1. The molecule has 0 radical (unpaired) electrons. The van der Waals surface area contributed by atoms with Crippen molar-refractivity contribution < 1.29 is 14.5 Å². The predicted octanol–water partition coefficient (Wildman–Crippen LogP) is 4.23. The average molecular weight is 355 g/mol. The van der Waals surface area contributed by atoms with Gasteiger partial charge < -0.3 is 10.1 Å². The van der Waals surface area contributed by atoms with E-state index < -0.39 is 10.8 Å². The van der Waals surface area contributed by atoms with Crippen LogP contribution < -0.4 is 10.1 Å². The number of hydrogen-bond acceptors (Lipinski definition) is 4. The summed E-state index contributed by atoms with van der Waals surface area (Å²) in [5, 5.41) is 13.9. The second kappa shape index (κ2) is 7.30. The van der Waals surface area contributed by atoms with E-state index in [4.69, 9.17) is 27.9 Å². The van der Waals surface area contributed by atoms with Crippen LogP contribution in [0.5, 0.6) is 5.75 Å². The van der Waals surface area contributed by atoms with E-state index in [9.17, 15) is 14.9 Å². The Balaban J connectivity index is 1.99. The number of nitrogens with zero attached hydrogens (tertiary/aromatic N) is 1. The van der Waals surface area contributed by atoms with Crippen molar-refractivity contribution in [2.45, 2.75) is 6.92 Å². The van der Waals surface area contributed by atoms with Gasteiger partial charge in [-0.05, 0) is 30.7 Å². The van der Waals surface area contributed by atoms with Crippen LogP contribution in [0.25, 0.3) is 0 Å². The van der Waals surface area contributed by atoms with Crippen LogP contribution in [0.2, 0.25) is 10.0 Å². The SMILES string of the molecule is Cc1c(Cl)cccc1NC(=O)COc1ccc([N+](=O)[O-])cc1Cl. The summed E-state index contributed by atoms with van der Waals surface area (Å²) in [6, 6.07) is 8.92. The van der Waals surface area contributed by atoms with Gasteiger partial charge in [0, 0.05) is 22.8 Å². The Morgan fingerprint density at radius 2 is 2.00 bits per heavy atom. The maximum atomic E-state index is 11.9. The molecule has 120 valence electrons. The van der Waals surface area contributed by atoms with Gasteiger partial charge in [-0.2, -0.15) is 0 Å². The van der Waals surface area contributed by atoms with Crippen LogP contribution in [-0.2, 0) is 4.79 Å². The molecule has 0 heterocycles. The van der Waals surface area contributed by atoms with E-state index in [-0.39, 0.29) is 23.1 Å². The normalized spacial score (nSPS) is 10.2. The van der Waals surface area contributed by atoms with Crippen molar-refractivity contribution in [2.24, 2.45) is 0 Å². The Bertz CT molecular complexity index is 765. The fourth-order valence-electron chi connectivity index (χ4n) is 1.79. The molecular weight excluding hydrogens is 343 g/mol. The van der Waals surface area contributed by atoms with Gasteiger partial charge in [0.1, 0.15) is 5.75 Å². The van der Waals surface area contributed by atoms with Gasteiger partial charge in [0.15, 0.2) is 6.61 Å². The molecule has 2 aromatic carbocycles. The van der Waals surface area contributed by atoms with E-state index >= 15 is 0 Å². The van der Waals surface area contributed by atoms with E-state index in [1.807, 2.05) is 0 Å². The van der Waals surface area contributed by atoms with Crippen molar-refractivity contribution in [2.75, 3.05) is 11.9 Å². The van der Waals surface area contributed by atoms with Crippen LogP contribution >= 0.6 is 23.2 Å². The molecule has 0 fully saturated rings. The molecule has 2 rings (SSSR count). The lowest BCUT2D eigenvalue weighted by Crippen LogP contribution is -2.20. The Kier molecular flexibility index (Phi) is 5.41. The Morgan fingerprint density at radius 1 is 1.26 bits per heavy atom. The summed E-state index contributed by atoms with van der Waals surface area (Å²) < 4.78 is 5.28. The minimum atomic E-state index is -0.565. The number of non-ortho nitro benzene ring substituents is 1. The van der Waals surface area contributed by atoms with Gasteiger partial charge in [-0.1, -0.05) is 29.3 Å². The fraction of sp³-hybridized carbons (Fsp3) is 0.133. The molecule has 0 aliphatic rings. The smallest absolute Gasteiger partial charge is 0.271 e. The topological polar surface area (TPSA) is 81.5 Å². The molecule has 0 aliphatic carbocycles. The van der Waals surface area contributed by atoms with Gasteiger partial charge >= 0.3 is 0 Å². The molecule has 8 heteroatoms. The van der Waals surface area contributed by atoms with Crippen LogP contribution in [0, 0.1) is 17.0 Å². The largest absolute Gasteiger partial charge is 0.482 e. The minimum Gasteiger partial charge on any atom is -0.482 e. The number of anilines is 1. The van der Waals surface area contributed by atoms with Crippen LogP contribution in [0.4, 0.5) is 11.4 Å². The second-order valence-electron chi connectivity index (χ2n) is 4.62. The zero-order valence-electron chi connectivity index (χ0n) is 12.0. The molecular formula is C15H12Cl2N2O4. The molecule has 23 heavy (non-hydrogen) atoms. The van der Waals surface area contributed by atoms with Crippen molar-refractivity contribution in [3.05, 3.63) is 62.1 Å². The van der Waals surface area contributed by atoms with Crippen LogP contribution in [-0.4, -0.2) is 17.4 Å². The highest BCUT2D eigenvalue weighted by molar-refractivity contribution is 6.32. The maximum absolute atomic E-state index is 11.9. The van der Waals surface area contributed by atoms with Gasteiger partial charge in [-0.3, -0.25) is 14.9 Å². The zero-order chi connectivity index (χ0) is 17.0. The van der Waals surface area contributed by atoms with Crippen LogP contribution in [0.1, 0.15) is 5.56 Å². The Hall–Kier alpha value is -2.31. The lowest BCUT2D eigenvalue weighted by Gasteiger charge is -2.11. The molecule has 0 spiro atoms. The lowest BCUT2D eigenvalue weighted by molar-refractivity contribution is -0.384. The summed E-state index contributed by atoms with van der Waals surface area (Å²) in [6.45, 7) is 1.50. The molecule has 1 N–H and O–H groups in total. The summed E-state index contributed by atoms with van der Waals surface area (Å²) in [4.78, 5) is 22.0. The standard InChI is InChI=1S/C15H12Cl2N2O4/c1-9-11(16)3-2-4-13(9)18-15(20)8-23-14-6-5-10(19(21)22)7-12(14)17/h2-7H,8H2,1H3,(H,18,20). The quantitative estimate of drug-likeness (QED) is 0.643. The molecule has 0 unspecified atom stereocenters. The van der Waals surface area contributed by atoms with Crippen molar-refractivity contribution in [1.82, 2.24) is 0 Å². The molecule has 6 nitrogen and oxygen atoms in total. The number of nitro benzene ring substituents is 1. The van der Waals surface area contributed by atoms with Crippen LogP contribution in [0.15, 0.2) is 36.4 Å². The maximum Gasteiger partial charge on any atom is 0.271 e. The molecule has 0 aromatic heterocycles. The molecule has 2 aromatic rings. The first-order valence-corrected chi connectivity index (χ1v) is 7.26. The first-order valence-electron chi connectivity index (χ1n) is 6.50. The third-order valence-corrected chi connectivity index (χ3v) is 3.73. The van der Waals surface area contributed by atoms with Crippen LogP contribution in [0.3, 0.4) is 0 Å². The third kappa shape index (κ3) is 4.34. The minimum absolute atomic E-state index is 0.0611. The summed E-state index contributed by atoms with van der Waals surface area (Å²) in [5.74, 6) is -0.208. The molecule has 0 saturated carbocycles. The van der Waals surface area contributed by atoms with E-state index in [0.29, 0.717) is 10.7 Å². The summed E-state index contributed by atoms with van der Waals surface area (Å²) in [6.07, 6.45) is 0. The number of carbonyl (C=O) groups excluding carboxylic acids is 1. The van der Waals surface area contributed by atoms with Crippen molar-refractivity contribution in [1.29, 1.82) is 0 Å². The number of nitro groups is 1. The highest BCUT2D eigenvalue weighted by Gasteiger charge is 2.12. The lowest BCUT2D eigenvalue weighted by atomic mass is 10.2. The second-order valence-corrected chi connectivity index (χ2v) is 5.44. The van der Waals surface area contributed by atoms with Gasteiger partial charge in [0.2, 0.25) is 0 Å². The summed E-state index contributed by atoms with van der Waals surface area (Å²) in [7, 11) is 0. The molecule has 0 aliphatic heterocycles. The average Bonchev–Trinajstić information content (AvgIpc) is 2.50. The molecule has 0 bridgehead atoms. The van der Waals surface area contributed by atoms with Gasteiger partial charge in [-0.25, -0.2) is 0 Å². The van der Waals surface area contributed by atoms with Crippen molar-refractivity contribution >= 4 is 40.5 Å². The van der Waals surface area contributed by atoms with E-state index in [1.54, 1.807) is 25.1 Å². The highest BCUT2D eigenvalue weighted by Crippen LogP contribution is 2.28. The fourth-order valence-corrected chi connectivity index (χ4v) is 2.20. The first-order chi connectivity index (χ1) is 10.9. The Labute approximate surface area is 142 Å². The number of carbonyl (C=O) groups is 1. The zero-order valence-corrected chi connectivity index (χ0v) is 13.5. The van der Waals surface area contributed by atoms with Gasteiger partial charge in [0.25, 0.3) is 11.6 Å². The number of halogens is 2. The number of hydrogen-bond donors (Lipinski definition) is 1. The Morgan fingerprint density at radius 3 is 2.65 bits per heavy atom. The van der Waals surface area contributed by atoms with E-state index in [0.717, 1.165) is 11.6 Å². The molecule has 0 saturated heterocycles. The molecule has 0 atom stereocenters. The van der Waals surface area contributed by atoms with E-state index in [2.05, 4.69) is 5.32 Å². The number of rotatable bonds is 5.